The Hall–Kier alpha value is -2.82. The lowest BCUT2D eigenvalue weighted by Crippen LogP contribution is -2.09. The Balaban J connectivity index is 0.000000277. The average Bonchev–Trinajstić information content (AvgIpc) is 2.91. The lowest BCUT2D eigenvalue weighted by molar-refractivity contribution is -0.159. The summed E-state index contributed by atoms with van der Waals surface area (Å²) >= 11 is 0. The number of hydrogen-bond donors (Lipinski definition) is 3. The van der Waals surface area contributed by atoms with Gasteiger partial charge in [-0.25, -0.2) is 9.59 Å². The van der Waals surface area contributed by atoms with Crippen LogP contribution in [0.5, 0.6) is 0 Å². The highest BCUT2D eigenvalue weighted by Gasteiger charge is 2.22. The molecule has 0 spiro atoms. The number of para-hydroxylation sites is 1. The van der Waals surface area contributed by atoms with Crippen LogP contribution in [0.25, 0.3) is 0 Å². The molecule has 0 aliphatic carbocycles. The van der Waals surface area contributed by atoms with Crippen molar-refractivity contribution in [1.29, 1.82) is 0 Å². The van der Waals surface area contributed by atoms with Crippen molar-refractivity contribution in [3.8, 4) is 0 Å². The third kappa shape index (κ3) is 4.10. The van der Waals surface area contributed by atoms with Gasteiger partial charge in [0, 0.05) is 5.69 Å². The third-order valence-corrected chi connectivity index (χ3v) is 3.75. The van der Waals surface area contributed by atoms with Crippen molar-refractivity contribution in [1.82, 2.24) is 0 Å². The number of aliphatic carboxylic acids is 2. The van der Waals surface area contributed by atoms with E-state index < -0.39 is 11.9 Å². The topological polar surface area (TPSA) is 86.6 Å². The number of anilines is 1. The molecule has 1 unspecified atom stereocenters. The van der Waals surface area contributed by atoms with Gasteiger partial charge in [-0.15, -0.1) is 0 Å². The minimum absolute atomic E-state index is 0.438. The summed E-state index contributed by atoms with van der Waals surface area (Å²) in [5.41, 5.74) is 6.86. The molecule has 0 fully saturated rings. The van der Waals surface area contributed by atoms with Crippen LogP contribution in [-0.2, 0) is 16.0 Å². The van der Waals surface area contributed by atoms with Crippen molar-refractivity contribution in [2.45, 2.75) is 26.3 Å². The molecule has 5 nitrogen and oxygen atoms in total. The quantitative estimate of drug-likeness (QED) is 0.704. The maximum atomic E-state index is 9.10. The molecule has 2 aromatic carbocycles. The second-order valence-electron chi connectivity index (χ2n) is 5.53. The molecule has 0 aromatic heterocycles. The fraction of sp³-hybridized carbons (Fsp3) is 0.222. The minimum atomic E-state index is -1.82. The number of aryl methyl sites for hydroxylation is 2. The molecule has 5 heteroatoms. The Labute approximate surface area is 134 Å². The first-order chi connectivity index (χ1) is 10.9. The summed E-state index contributed by atoms with van der Waals surface area (Å²) in [6, 6.07) is 15.8. The number of carbonyl (C=O) groups is 2. The maximum absolute atomic E-state index is 9.10. The second kappa shape index (κ2) is 6.96. The summed E-state index contributed by atoms with van der Waals surface area (Å²) in [6.45, 7) is 4.35. The Morgan fingerprint density at radius 3 is 2.26 bits per heavy atom. The number of fused-ring (bicyclic) bond motifs is 1. The molecule has 1 aliphatic rings. The van der Waals surface area contributed by atoms with Gasteiger partial charge in [-0.3, -0.25) is 0 Å². The Morgan fingerprint density at radius 1 is 1.04 bits per heavy atom. The molecule has 1 heterocycles. The van der Waals surface area contributed by atoms with Crippen LogP contribution in [0.4, 0.5) is 5.69 Å². The Bertz CT molecular complexity index is 703. The molecule has 0 radical (unpaired) electrons. The summed E-state index contributed by atoms with van der Waals surface area (Å²) in [5, 5.41) is 18.4. The van der Waals surface area contributed by atoms with Crippen molar-refractivity contribution in [3.63, 3.8) is 0 Å². The summed E-state index contributed by atoms with van der Waals surface area (Å²) in [4.78, 5) is 18.2. The van der Waals surface area contributed by atoms with Crippen LogP contribution in [0.3, 0.4) is 0 Å². The fourth-order valence-corrected chi connectivity index (χ4v) is 2.70. The van der Waals surface area contributed by atoms with Gasteiger partial charge in [0.2, 0.25) is 0 Å². The highest BCUT2D eigenvalue weighted by Crippen LogP contribution is 2.35. The monoisotopic (exact) mass is 313 g/mol. The zero-order chi connectivity index (χ0) is 17.0. The molecule has 120 valence electrons. The largest absolute Gasteiger partial charge is 0.473 e. The molecule has 3 N–H and O–H groups in total. The zero-order valence-corrected chi connectivity index (χ0v) is 13.0. The summed E-state index contributed by atoms with van der Waals surface area (Å²) in [5.74, 6) is -3.65. The first kappa shape index (κ1) is 16.5. The van der Waals surface area contributed by atoms with Gasteiger partial charge in [0.1, 0.15) is 0 Å². The van der Waals surface area contributed by atoms with Crippen LogP contribution >= 0.6 is 0 Å². The van der Waals surface area contributed by atoms with Crippen LogP contribution in [0.15, 0.2) is 42.5 Å². The van der Waals surface area contributed by atoms with Gasteiger partial charge in [-0.1, -0.05) is 42.0 Å². The minimum Gasteiger partial charge on any atom is -0.473 e. The van der Waals surface area contributed by atoms with Crippen LogP contribution in [0.1, 0.15) is 28.3 Å². The normalized spacial score (nSPS) is 15.0. The fourth-order valence-electron chi connectivity index (χ4n) is 2.70. The van der Waals surface area contributed by atoms with Gasteiger partial charge >= 0.3 is 11.9 Å². The number of benzene rings is 2. The van der Waals surface area contributed by atoms with E-state index in [-0.39, 0.29) is 0 Å². The standard InChI is InChI=1S/C16H17N.C2H2O4/c1-11-7-8-14(12(2)9-11)16-10-13-5-3-4-6-15(13)17-16;3-1(4)2(5)6/h3-9,16-17H,10H2,1-2H3;(H,3,4)(H,5,6). The van der Waals surface area contributed by atoms with E-state index >= 15 is 0 Å². The van der Waals surface area contributed by atoms with Crippen molar-refractivity contribution >= 4 is 17.6 Å². The number of carboxylic acid groups (broad SMARTS) is 2. The van der Waals surface area contributed by atoms with Gasteiger partial charge in [0.15, 0.2) is 0 Å². The number of rotatable bonds is 1. The highest BCUT2D eigenvalue weighted by atomic mass is 16.4. The lowest BCUT2D eigenvalue weighted by Gasteiger charge is -2.15. The Morgan fingerprint density at radius 2 is 1.70 bits per heavy atom. The molecule has 2 aromatic rings. The molecule has 1 aliphatic heterocycles. The third-order valence-electron chi connectivity index (χ3n) is 3.75. The van der Waals surface area contributed by atoms with Crippen molar-refractivity contribution in [3.05, 3.63) is 64.7 Å². The smallest absolute Gasteiger partial charge is 0.414 e. The van der Waals surface area contributed by atoms with Crippen LogP contribution in [0, 0.1) is 13.8 Å². The predicted octanol–water partition coefficient (Wildman–Crippen LogP) is 3.17. The maximum Gasteiger partial charge on any atom is 0.414 e. The number of hydrogen-bond acceptors (Lipinski definition) is 3. The van der Waals surface area contributed by atoms with E-state index in [0.29, 0.717) is 6.04 Å². The van der Waals surface area contributed by atoms with Gasteiger partial charge in [0.05, 0.1) is 6.04 Å². The molecule has 0 saturated carbocycles. The first-order valence-electron chi connectivity index (χ1n) is 7.26. The average molecular weight is 313 g/mol. The van der Waals surface area contributed by atoms with Crippen molar-refractivity contribution < 1.29 is 19.8 Å². The van der Waals surface area contributed by atoms with Gasteiger partial charge < -0.3 is 15.5 Å². The first-order valence-corrected chi connectivity index (χ1v) is 7.26. The molecule has 0 bridgehead atoms. The molecule has 23 heavy (non-hydrogen) atoms. The second-order valence-corrected chi connectivity index (χ2v) is 5.53. The van der Waals surface area contributed by atoms with E-state index in [1.807, 2.05) is 0 Å². The van der Waals surface area contributed by atoms with Crippen molar-refractivity contribution in [2.75, 3.05) is 5.32 Å². The number of nitrogens with one attached hydrogen (secondary N) is 1. The summed E-state index contributed by atoms with van der Waals surface area (Å²) < 4.78 is 0. The highest BCUT2D eigenvalue weighted by molar-refractivity contribution is 6.27. The van der Waals surface area contributed by atoms with Crippen LogP contribution in [0.2, 0.25) is 0 Å². The van der Waals surface area contributed by atoms with E-state index in [1.165, 1.54) is 27.9 Å². The molecule has 1 atom stereocenters. The van der Waals surface area contributed by atoms with E-state index in [4.69, 9.17) is 19.8 Å². The van der Waals surface area contributed by atoms with E-state index in [9.17, 15) is 0 Å². The van der Waals surface area contributed by atoms with Gasteiger partial charge in [0.25, 0.3) is 0 Å². The molecule has 3 rings (SSSR count). The van der Waals surface area contributed by atoms with Gasteiger partial charge in [-0.2, -0.15) is 0 Å². The summed E-state index contributed by atoms with van der Waals surface area (Å²) in [7, 11) is 0. The zero-order valence-electron chi connectivity index (χ0n) is 13.0. The van der Waals surface area contributed by atoms with Crippen LogP contribution < -0.4 is 5.32 Å². The van der Waals surface area contributed by atoms with Crippen molar-refractivity contribution in [2.24, 2.45) is 0 Å². The molecular formula is C18H19NO4. The Kier molecular flexibility index (Phi) is 5.01. The molecule has 0 saturated heterocycles. The number of carboxylic acids is 2. The van der Waals surface area contributed by atoms with E-state index in [0.717, 1.165) is 6.42 Å². The molecule has 0 amide bonds. The summed E-state index contributed by atoms with van der Waals surface area (Å²) in [6.07, 6.45) is 1.10. The SMILES string of the molecule is Cc1ccc(C2Cc3ccccc3N2)c(C)c1.O=C(O)C(=O)O. The lowest BCUT2D eigenvalue weighted by atomic mass is 9.97. The van der Waals surface area contributed by atoms with Gasteiger partial charge in [-0.05, 0) is 43.0 Å². The molecular weight excluding hydrogens is 294 g/mol. The predicted molar refractivity (Wildman–Crippen MR) is 87.7 cm³/mol. The van der Waals surface area contributed by atoms with E-state index in [2.05, 4.69) is 61.6 Å². The van der Waals surface area contributed by atoms with E-state index in [1.54, 1.807) is 0 Å². The van der Waals surface area contributed by atoms with Crippen LogP contribution in [-0.4, -0.2) is 22.2 Å².